The molecule has 1 atom stereocenters. The fourth-order valence-corrected chi connectivity index (χ4v) is 2.36. The molecule has 5 heteroatoms. The Kier molecular flexibility index (Phi) is 4.49. The molecule has 0 radical (unpaired) electrons. The van der Waals surface area contributed by atoms with Gasteiger partial charge in [0, 0.05) is 22.5 Å². The summed E-state index contributed by atoms with van der Waals surface area (Å²) in [6, 6.07) is 5.29. The molecule has 0 aromatic heterocycles. The van der Waals surface area contributed by atoms with Gasteiger partial charge in [-0.15, -0.1) is 0 Å². The lowest BCUT2D eigenvalue weighted by atomic mass is 9.88. The third kappa shape index (κ3) is 3.16. The van der Waals surface area contributed by atoms with Crippen molar-refractivity contribution >= 4 is 29.1 Å². The smallest absolute Gasteiger partial charge is 0.223 e. The van der Waals surface area contributed by atoms with Crippen LogP contribution in [0.15, 0.2) is 18.2 Å². The van der Waals surface area contributed by atoms with Gasteiger partial charge >= 0.3 is 0 Å². The molecule has 0 bridgehead atoms. The maximum atomic E-state index is 11.9. The van der Waals surface area contributed by atoms with E-state index in [1.807, 2.05) is 13.0 Å². The molecule has 98 valence electrons. The summed E-state index contributed by atoms with van der Waals surface area (Å²) in [4.78, 5) is 11.9. The maximum Gasteiger partial charge on any atom is 0.223 e. The van der Waals surface area contributed by atoms with E-state index in [9.17, 15) is 4.79 Å². The normalized spacial score (nSPS) is 17.1. The predicted octanol–water partition coefficient (Wildman–Crippen LogP) is 2.47. The number of amides is 1. The first-order valence-electron chi connectivity index (χ1n) is 6.00. The molecule has 1 amide bonds. The van der Waals surface area contributed by atoms with Gasteiger partial charge in [-0.05, 0) is 36.7 Å². The van der Waals surface area contributed by atoms with E-state index in [4.69, 9.17) is 23.2 Å². The molecule has 18 heavy (non-hydrogen) atoms. The maximum absolute atomic E-state index is 11.9. The molecule has 1 unspecified atom stereocenters. The van der Waals surface area contributed by atoms with Crippen molar-refractivity contribution in [1.29, 1.82) is 0 Å². The molecule has 1 aromatic carbocycles. The second-order valence-corrected chi connectivity index (χ2v) is 5.50. The topological polar surface area (TPSA) is 41.1 Å². The molecule has 1 fully saturated rings. The van der Waals surface area contributed by atoms with Gasteiger partial charge in [0.25, 0.3) is 0 Å². The lowest BCUT2D eigenvalue weighted by Gasteiger charge is -2.31. The van der Waals surface area contributed by atoms with Gasteiger partial charge < -0.3 is 10.6 Å². The first-order chi connectivity index (χ1) is 8.58. The van der Waals surface area contributed by atoms with Crippen molar-refractivity contribution < 1.29 is 4.79 Å². The minimum absolute atomic E-state index is 0.0392. The number of carbonyl (C=O) groups excluding carboxylic acids is 1. The number of nitrogens with one attached hydrogen (secondary N) is 2. The van der Waals surface area contributed by atoms with Crippen LogP contribution in [0.4, 0.5) is 0 Å². The second-order valence-electron chi connectivity index (χ2n) is 4.66. The molecule has 2 rings (SSSR count). The fourth-order valence-electron chi connectivity index (χ4n) is 1.89. The zero-order valence-corrected chi connectivity index (χ0v) is 11.7. The zero-order chi connectivity index (χ0) is 13.1. The predicted molar refractivity (Wildman–Crippen MR) is 73.8 cm³/mol. The van der Waals surface area contributed by atoms with Crippen LogP contribution in [-0.4, -0.2) is 19.0 Å². The van der Waals surface area contributed by atoms with Crippen LogP contribution in [0.25, 0.3) is 0 Å². The standard InChI is InChI=1S/C13H16Cl2N2O/c1-8(10-5-16-6-10)13(18)17-7-9-2-3-11(14)4-12(9)15/h2-4,8,10,16H,5-7H2,1H3,(H,17,18). The van der Waals surface area contributed by atoms with Gasteiger partial charge in [-0.1, -0.05) is 36.2 Å². The summed E-state index contributed by atoms with van der Waals surface area (Å²) in [7, 11) is 0. The highest BCUT2D eigenvalue weighted by Crippen LogP contribution is 2.21. The van der Waals surface area contributed by atoms with E-state index >= 15 is 0 Å². The van der Waals surface area contributed by atoms with Crippen LogP contribution in [0.2, 0.25) is 10.0 Å². The van der Waals surface area contributed by atoms with Crippen LogP contribution in [0.1, 0.15) is 12.5 Å². The molecule has 0 aliphatic carbocycles. The third-order valence-electron chi connectivity index (χ3n) is 3.40. The van der Waals surface area contributed by atoms with Crippen LogP contribution < -0.4 is 10.6 Å². The average molecular weight is 287 g/mol. The molecular formula is C13H16Cl2N2O. The molecule has 1 heterocycles. The molecule has 1 aliphatic heterocycles. The summed E-state index contributed by atoms with van der Waals surface area (Å²) in [6.07, 6.45) is 0. The highest BCUT2D eigenvalue weighted by Gasteiger charge is 2.28. The van der Waals surface area contributed by atoms with Crippen molar-refractivity contribution in [3.05, 3.63) is 33.8 Å². The monoisotopic (exact) mass is 286 g/mol. The van der Waals surface area contributed by atoms with Crippen molar-refractivity contribution in [2.24, 2.45) is 11.8 Å². The van der Waals surface area contributed by atoms with Crippen molar-refractivity contribution in [1.82, 2.24) is 10.6 Å². The number of hydrogen-bond acceptors (Lipinski definition) is 2. The minimum Gasteiger partial charge on any atom is -0.352 e. The van der Waals surface area contributed by atoms with Crippen molar-refractivity contribution in [3.8, 4) is 0 Å². The Balaban J connectivity index is 1.88. The van der Waals surface area contributed by atoms with Gasteiger partial charge in [0.2, 0.25) is 5.91 Å². The van der Waals surface area contributed by atoms with Gasteiger partial charge in [0.05, 0.1) is 0 Å². The van der Waals surface area contributed by atoms with Crippen molar-refractivity contribution in [3.63, 3.8) is 0 Å². The Labute approximate surface area is 117 Å². The SMILES string of the molecule is CC(C(=O)NCc1ccc(Cl)cc1Cl)C1CNC1. The first kappa shape index (κ1) is 13.7. The summed E-state index contributed by atoms with van der Waals surface area (Å²) in [5.41, 5.74) is 0.883. The van der Waals surface area contributed by atoms with E-state index in [1.54, 1.807) is 12.1 Å². The van der Waals surface area contributed by atoms with Gasteiger partial charge in [-0.3, -0.25) is 4.79 Å². The number of hydrogen-bond donors (Lipinski definition) is 2. The molecule has 3 nitrogen and oxygen atoms in total. The Morgan fingerprint density at radius 2 is 2.22 bits per heavy atom. The fraction of sp³-hybridized carbons (Fsp3) is 0.462. The lowest BCUT2D eigenvalue weighted by molar-refractivity contribution is -0.126. The first-order valence-corrected chi connectivity index (χ1v) is 6.76. The number of rotatable bonds is 4. The quantitative estimate of drug-likeness (QED) is 0.893. The van der Waals surface area contributed by atoms with E-state index in [2.05, 4.69) is 10.6 Å². The molecule has 1 saturated heterocycles. The van der Waals surface area contributed by atoms with Crippen molar-refractivity contribution in [2.45, 2.75) is 13.5 Å². The Bertz CT molecular complexity index is 447. The van der Waals surface area contributed by atoms with Crippen molar-refractivity contribution in [2.75, 3.05) is 13.1 Å². The highest BCUT2D eigenvalue weighted by atomic mass is 35.5. The average Bonchev–Trinajstić information content (AvgIpc) is 2.25. The second kappa shape index (κ2) is 5.91. The Morgan fingerprint density at radius 1 is 1.50 bits per heavy atom. The molecule has 0 spiro atoms. The lowest BCUT2D eigenvalue weighted by Crippen LogP contribution is -2.49. The van der Waals surface area contributed by atoms with Crippen LogP contribution in [-0.2, 0) is 11.3 Å². The minimum atomic E-state index is 0.0392. The summed E-state index contributed by atoms with van der Waals surface area (Å²) in [6.45, 7) is 4.26. The van der Waals surface area contributed by atoms with Gasteiger partial charge in [0.1, 0.15) is 0 Å². The largest absolute Gasteiger partial charge is 0.352 e. The molecule has 1 aliphatic rings. The number of carbonyl (C=O) groups is 1. The van der Waals surface area contributed by atoms with Gasteiger partial charge in [-0.2, -0.15) is 0 Å². The zero-order valence-electron chi connectivity index (χ0n) is 10.2. The van der Waals surface area contributed by atoms with E-state index in [0.29, 0.717) is 22.5 Å². The summed E-state index contributed by atoms with van der Waals surface area (Å²) in [5.74, 6) is 0.565. The Hall–Kier alpha value is -0.770. The molecular weight excluding hydrogens is 271 g/mol. The third-order valence-corrected chi connectivity index (χ3v) is 3.99. The van der Waals surface area contributed by atoms with Gasteiger partial charge in [-0.25, -0.2) is 0 Å². The van der Waals surface area contributed by atoms with E-state index < -0.39 is 0 Å². The van der Waals surface area contributed by atoms with Crippen LogP contribution >= 0.6 is 23.2 Å². The van der Waals surface area contributed by atoms with E-state index in [1.165, 1.54) is 0 Å². The van der Waals surface area contributed by atoms with Crippen LogP contribution in [0.5, 0.6) is 0 Å². The summed E-state index contributed by atoms with van der Waals surface area (Å²) >= 11 is 11.9. The van der Waals surface area contributed by atoms with E-state index in [-0.39, 0.29) is 11.8 Å². The number of halogens is 2. The molecule has 2 N–H and O–H groups in total. The van der Waals surface area contributed by atoms with Crippen LogP contribution in [0, 0.1) is 11.8 Å². The Morgan fingerprint density at radius 3 is 2.78 bits per heavy atom. The van der Waals surface area contributed by atoms with Crippen LogP contribution in [0.3, 0.4) is 0 Å². The summed E-state index contributed by atoms with van der Waals surface area (Å²) in [5, 5.41) is 7.27. The highest BCUT2D eigenvalue weighted by molar-refractivity contribution is 6.35. The molecule has 0 saturated carbocycles. The summed E-state index contributed by atoms with van der Waals surface area (Å²) < 4.78 is 0. The van der Waals surface area contributed by atoms with E-state index in [0.717, 1.165) is 18.7 Å². The molecule has 1 aromatic rings. The van der Waals surface area contributed by atoms with Gasteiger partial charge in [0.15, 0.2) is 0 Å². The number of benzene rings is 1.